The number of rotatable bonds is 2. The van der Waals surface area contributed by atoms with Gasteiger partial charge in [0, 0.05) is 36.2 Å². The van der Waals surface area contributed by atoms with Crippen LogP contribution in [-0.4, -0.2) is 49.3 Å². The van der Waals surface area contributed by atoms with Crippen LogP contribution < -0.4 is 4.90 Å². The molecule has 0 aromatic heterocycles. The second-order valence-electron chi connectivity index (χ2n) is 5.26. The highest BCUT2D eigenvalue weighted by Crippen LogP contribution is 2.30. The van der Waals surface area contributed by atoms with Gasteiger partial charge < -0.3 is 14.5 Å². The number of hydrogen-bond acceptors (Lipinski definition) is 3. The van der Waals surface area contributed by atoms with Gasteiger partial charge in [0.25, 0.3) is 0 Å². The fourth-order valence-corrected chi connectivity index (χ4v) is 3.74. The summed E-state index contributed by atoms with van der Waals surface area (Å²) in [5, 5.41) is 0. The zero-order chi connectivity index (χ0) is 13.9. The van der Waals surface area contributed by atoms with Crippen LogP contribution in [0.5, 0.6) is 0 Å². The van der Waals surface area contributed by atoms with E-state index in [4.69, 9.17) is 17.0 Å². The number of benzene rings is 1. The number of anilines is 1. The van der Waals surface area contributed by atoms with E-state index in [1.165, 1.54) is 18.5 Å². The Morgan fingerprint density at radius 3 is 2.45 bits per heavy atom. The highest BCUT2D eigenvalue weighted by atomic mass is 79.9. The van der Waals surface area contributed by atoms with Crippen LogP contribution >= 0.6 is 28.1 Å². The summed E-state index contributed by atoms with van der Waals surface area (Å²) in [5.74, 6) is 0. The molecule has 0 spiro atoms. The number of halogens is 1. The molecule has 20 heavy (non-hydrogen) atoms. The van der Waals surface area contributed by atoms with Crippen LogP contribution in [-0.2, 0) is 4.74 Å². The third-order valence-electron chi connectivity index (χ3n) is 3.94. The van der Waals surface area contributed by atoms with Gasteiger partial charge in [-0.1, -0.05) is 12.2 Å². The molecule has 3 rings (SSSR count). The van der Waals surface area contributed by atoms with Crippen LogP contribution in [0.1, 0.15) is 18.4 Å². The Morgan fingerprint density at radius 1 is 1.10 bits per heavy atom. The standard InChI is InChI=1S/C15H19BrN2OS/c16-13-11-12(15(20)18-7-9-19-10-8-18)3-4-14(13)17-5-1-2-6-17/h3-4,11H,1-2,5-10H2. The summed E-state index contributed by atoms with van der Waals surface area (Å²) in [5.41, 5.74) is 2.41. The van der Waals surface area contributed by atoms with E-state index in [2.05, 4.69) is 43.9 Å². The number of hydrogen-bond donors (Lipinski definition) is 0. The van der Waals surface area contributed by atoms with Crippen LogP contribution in [0.25, 0.3) is 0 Å². The highest BCUT2D eigenvalue weighted by Gasteiger charge is 2.18. The quantitative estimate of drug-likeness (QED) is 0.758. The summed E-state index contributed by atoms with van der Waals surface area (Å²) in [4.78, 5) is 5.60. The van der Waals surface area contributed by atoms with Crippen molar-refractivity contribution in [2.75, 3.05) is 44.3 Å². The van der Waals surface area contributed by atoms with Crippen molar-refractivity contribution in [1.29, 1.82) is 0 Å². The molecule has 5 heteroatoms. The lowest BCUT2D eigenvalue weighted by Gasteiger charge is -2.29. The molecule has 0 aliphatic carbocycles. The molecule has 3 nitrogen and oxygen atoms in total. The van der Waals surface area contributed by atoms with Gasteiger partial charge >= 0.3 is 0 Å². The number of thiocarbonyl (C=S) groups is 1. The molecule has 1 aromatic rings. The van der Waals surface area contributed by atoms with E-state index in [0.717, 1.165) is 54.4 Å². The Kier molecular flexibility index (Phi) is 4.58. The van der Waals surface area contributed by atoms with Crippen molar-refractivity contribution >= 4 is 38.8 Å². The van der Waals surface area contributed by atoms with Gasteiger partial charge in [-0.05, 0) is 47.0 Å². The SMILES string of the molecule is S=C(c1ccc(N2CCCC2)c(Br)c1)N1CCOCC1. The minimum atomic E-state index is 0.771. The average Bonchev–Trinajstić information content (AvgIpc) is 3.01. The third kappa shape index (κ3) is 3.00. The Bertz CT molecular complexity index is 497. The molecule has 0 N–H and O–H groups in total. The highest BCUT2D eigenvalue weighted by molar-refractivity contribution is 9.10. The Labute approximate surface area is 134 Å². The summed E-state index contributed by atoms with van der Waals surface area (Å²) in [6.07, 6.45) is 2.58. The summed E-state index contributed by atoms with van der Waals surface area (Å²) in [6, 6.07) is 6.50. The topological polar surface area (TPSA) is 15.7 Å². The van der Waals surface area contributed by atoms with Crippen LogP contribution in [0.4, 0.5) is 5.69 Å². The van der Waals surface area contributed by atoms with E-state index in [9.17, 15) is 0 Å². The fourth-order valence-electron chi connectivity index (χ4n) is 2.80. The van der Waals surface area contributed by atoms with Gasteiger partial charge in [0.1, 0.15) is 4.99 Å². The Balaban J connectivity index is 1.77. The lowest BCUT2D eigenvalue weighted by molar-refractivity contribution is 0.0693. The second kappa shape index (κ2) is 6.41. The smallest absolute Gasteiger partial charge is 0.109 e. The van der Waals surface area contributed by atoms with Gasteiger partial charge in [0.05, 0.1) is 18.9 Å². The van der Waals surface area contributed by atoms with Crippen molar-refractivity contribution in [3.8, 4) is 0 Å². The van der Waals surface area contributed by atoms with Gasteiger partial charge in [-0.3, -0.25) is 0 Å². The summed E-state index contributed by atoms with van der Waals surface area (Å²) in [7, 11) is 0. The second-order valence-corrected chi connectivity index (χ2v) is 6.51. The van der Waals surface area contributed by atoms with Gasteiger partial charge in [-0.15, -0.1) is 0 Å². The monoisotopic (exact) mass is 354 g/mol. The number of ether oxygens (including phenoxy) is 1. The average molecular weight is 355 g/mol. The first-order chi connectivity index (χ1) is 9.75. The predicted molar refractivity (Wildman–Crippen MR) is 89.7 cm³/mol. The van der Waals surface area contributed by atoms with Gasteiger partial charge in [0.15, 0.2) is 0 Å². The number of morpholine rings is 1. The first-order valence-corrected chi connectivity index (χ1v) is 8.37. The molecule has 0 amide bonds. The Hall–Kier alpha value is -0.650. The molecule has 2 aliphatic heterocycles. The molecule has 2 heterocycles. The molecule has 0 radical (unpaired) electrons. The lowest BCUT2D eigenvalue weighted by Crippen LogP contribution is -2.40. The molecule has 0 bridgehead atoms. The van der Waals surface area contributed by atoms with E-state index in [-0.39, 0.29) is 0 Å². The fraction of sp³-hybridized carbons (Fsp3) is 0.533. The molecule has 2 aliphatic rings. The van der Waals surface area contributed by atoms with Crippen molar-refractivity contribution < 1.29 is 4.74 Å². The number of nitrogens with zero attached hydrogens (tertiary/aromatic N) is 2. The minimum Gasteiger partial charge on any atom is -0.378 e. The van der Waals surface area contributed by atoms with E-state index in [1.54, 1.807) is 0 Å². The molecule has 0 saturated carbocycles. The van der Waals surface area contributed by atoms with Crippen LogP contribution in [0.15, 0.2) is 22.7 Å². The zero-order valence-electron chi connectivity index (χ0n) is 11.5. The minimum absolute atomic E-state index is 0.771. The molecule has 108 valence electrons. The van der Waals surface area contributed by atoms with Crippen molar-refractivity contribution in [1.82, 2.24) is 4.90 Å². The zero-order valence-corrected chi connectivity index (χ0v) is 13.9. The Morgan fingerprint density at radius 2 is 1.80 bits per heavy atom. The first kappa shape index (κ1) is 14.3. The first-order valence-electron chi connectivity index (χ1n) is 7.17. The van der Waals surface area contributed by atoms with Crippen molar-refractivity contribution in [3.63, 3.8) is 0 Å². The molecule has 0 atom stereocenters. The largest absolute Gasteiger partial charge is 0.378 e. The maximum atomic E-state index is 5.61. The van der Waals surface area contributed by atoms with Gasteiger partial charge in [-0.25, -0.2) is 0 Å². The molecule has 0 unspecified atom stereocenters. The van der Waals surface area contributed by atoms with Crippen molar-refractivity contribution in [3.05, 3.63) is 28.2 Å². The maximum absolute atomic E-state index is 5.61. The third-order valence-corrected chi connectivity index (χ3v) is 5.07. The van der Waals surface area contributed by atoms with Gasteiger partial charge in [-0.2, -0.15) is 0 Å². The van der Waals surface area contributed by atoms with Crippen LogP contribution in [0.2, 0.25) is 0 Å². The molecular formula is C15H19BrN2OS. The van der Waals surface area contributed by atoms with Crippen molar-refractivity contribution in [2.45, 2.75) is 12.8 Å². The summed E-state index contributed by atoms with van der Waals surface area (Å²) >= 11 is 9.32. The van der Waals surface area contributed by atoms with E-state index < -0.39 is 0 Å². The van der Waals surface area contributed by atoms with Crippen LogP contribution in [0, 0.1) is 0 Å². The molecule has 2 fully saturated rings. The predicted octanol–water partition coefficient (Wildman–Crippen LogP) is 3.06. The normalized spacial score (nSPS) is 19.4. The molecule has 2 saturated heterocycles. The molecular weight excluding hydrogens is 336 g/mol. The summed E-state index contributed by atoms with van der Waals surface area (Å²) < 4.78 is 6.52. The van der Waals surface area contributed by atoms with E-state index in [1.807, 2.05) is 0 Å². The van der Waals surface area contributed by atoms with Gasteiger partial charge in [0.2, 0.25) is 0 Å². The summed E-state index contributed by atoms with van der Waals surface area (Å²) in [6.45, 7) is 5.65. The van der Waals surface area contributed by atoms with Crippen molar-refractivity contribution in [2.24, 2.45) is 0 Å². The van der Waals surface area contributed by atoms with E-state index >= 15 is 0 Å². The molecule has 1 aromatic carbocycles. The van der Waals surface area contributed by atoms with Crippen LogP contribution in [0.3, 0.4) is 0 Å². The maximum Gasteiger partial charge on any atom is 0.109 e. The van der Waals surface area contributed by atoms with E-state index in [0.29, 0.717) is 0 Å². The lowest BCUT2D eigenvalue weighted by atomic mass is 10.1.